The molecule has 2 aliphatic rings. The SMILES string of the molecule is Cc1ccc(I)c(C(=O)N2C[C@H](C(=O)O)[C@@H](C3CC3)C2)c1. The molecule has 1 heterocycles. The lowest BCUT2D eigenvalue weighted by atomic mass is 9.92. The molecular weight excluding hydrogens is 381 g/mol. The van der Waals surface area contributed by atoms with Crippen molar-refractivity contribution >= 4 is 34.5 Å². The zero-order valence-corrected chi connectivity index (χ0v) is 14.0. The van der Waals surface area contributed by atoms with E-state index in [1.807, 2.05) is 25.1 Å². The molecule has 5 heteroatoms. The van der Waals surface area contributed by atoms with E-state index >= 15 is 0 Å². The van der Waals surface area contributed by atoms with Crippen molar-refractivity contribution in [3.05, 3.63) is 32.9 Å². The number of hydrogen-bond acceptors (Lipinski definition) is 2. The van der Waals surface area contributed by atoms with Crippen LogP contribution in [-0.2, 0) is 4.79 Å². The van der Waals surface area contributed by atoms with Gasteiger partial charge in [0.1, 0.15) is 0 Å². The highest BCUT2D eigenvalue weighted by molar-refractivity contribution is 14.1. The number of hydrogen-bond donors (Lipinski definition) is 1. The summed E-state index contributed by atoms with van der Waals surface area (Å²) in [7, 11) is 0. The number of amides is 1. The Bertz CT molecular complexity index is 597. The minimum Gasteiger partial charge on any atom is -0.481 e. The fraction of sp³-hybridized carbons (Fsp3) is 0.500. The van der Waals surface area contributed by atoms with E-state index in [2.05, 4.69) is 22.6 Å². The van der Waals surface area contributed by atoms with E-state index in [0.29, 0.717) is 24.6 Å². The summed E-state index contributed by atoms with van der Waals surface area (Å²) in [5.74, 6) is -0.558. The third kappa shape index (κ3) is 2.93. The predicted molar refractivity (Wildman–Crippen MR) is 87.1 cm³/mol. The van der Waals surface area contributed by atoms with Gasteiger partial charge in [0.15, 0.2) is 0 Å². The fourth-order valence-electron chi connectivity index (χ4n) is 3.23. The summed E-state index contributed by atoms with van der Waals surface area (Å²) in [5, 5.41) is 9.39. The van der Waals surface area contributed by atoms with Crippen LogP contribution < -0.4 is 0 Å². The van der Waals surface area contributed by atoms with Crippen molar-refractivity contribution in [2.24, 2.45) is 17.8 Å². The molecule has 2 fully saturated rings. The Labute approximate surface area is 137 Å². The maximum atomic E-state index is 12.7. The number of halogens is 1. The summed E-state index contributed by atoms with van der Waals surface area (Å²) < 4.78 is 0.921. The van der Waals surface area contributed by atoms with Crippen LogP contribution in [0.3, 0.4) is 0 Å². The Kier molecular flexibility index (Phi) is 3.94. The number of aryl methyl sites for hydroxylation is 1. The van der Waals surface area contributed by atoms with Crippen molar-refractivity contribution in [1.29, 1.82) is 0 Å². The summed E-state index contributed by atoms with van der Waals surface area (Å²) in [6.45, 7) is 2.90. The van der Waals surface area contributed by atoms with Gasteiger partial charge in [0.25, 0.3) is 5.91 Å². The molecule has 1 aliphatic carbocycles. The van der Waals surface area contributed by atoms with Crippen LogP contribution in [-0.4, -0.2) is 35.0 Å². The highest BCUT2D eigenvalue weighted by Crippen LogP contribution is 2.44. The average Bonchev–Trinajstić information content (AvgIpc) is 3.19. The molecule has 4 nitrogen and oxygen atoms in total. The normalized spacial score (nSPS) is 25.1. The van der Waals surface area contributed by atoms with Crippen LogP contribution in [0.5, 0.6) is 0 Å². The molecule has 112 valence electrons. The first-order chi connectivity index (χ1) is 9.97. The number of carbonyl (C=O) groups excluding carboxylic acids is 1. The molecule has 0 aromatic heterocycles. The molecule has 1 aromatic carbocycles. The lowest BCUT2D eigenvalue weighted by Crippen LogP contribution is -2.30. The predicted octanol–water partition coefficient (Wildman–Crippen LogP) is 2.78. The Morgan fingerprint density at radius 2 is 2.00 bits per heavy atom. The molecule has 1 aromatic rings. The Hall–Kier alpha value is -1.11. The van der Waals surface area contributed by atoms with Crippen LogP contribution in [0, 0.1) is 28.2 Å². The van der Waals surface area contributed by atoms with Gasteiger partial charge < -0.3 is 10.0 Å². The second-order valence-corrected chi connectivity index (χ2v) is 7.30. The smallest absolute Gasteiger partial charge is 0.308 e. The number of likely N-dealkylation sites (tertiary alicyclic amines) is 1. The summed E-state index contributed by atoms with van der Waals surface area (Å²) in [6.07, 6.45) is 2.22. The minimum absolute atomic E-state index is 0.0301. The summed E-state index contributed by atoms with van der Waals surface area (Å²) in [4.78, 5) is 25.9. The highest BCUT2D eigenvalue weighted by atomic mass is 127. The third-order valence-electron chi connectivity index (χ3n) is 4.55. The van der Waals surface area contributed by atoms with Crippen LogP contribution >= 0.6 is 22.6 Å². The van der Waals surface area contributed by atoms with Gasteiger partial charge in [-0.05, 0) is 66.3 Å². The van der Waals surface area contributed by atoms with Crippen molar-refractivity contribution in [2.45, 2.75) is 19.8 Å². The number of benzene rings is 1. The van der Waals surface area contributed by atoms with Crippen LogP contribution in [0.4, 0.5) is 0 Å². The zero-order valence-electron chi connectivity index (χ0n) is 11.9. The molecule has 2 atom stereocenters. The molecular formula is C16H18INO3. The molecule has 0 unspecified atom stereocenters. The fourth-order valence-corrected chi connectivity index (χ4v) is 3.80. The van der Waals surface area contributed by atoms with Gasteiger partial charge in [-0.25, -0.2) is 0 Å². The summed E-state index contributed by atoms with van der Waals surface area (Å²) in [5.41, 5.74) is 1.74. The van der Waals surface area contributed by atoms with E-state index in [1.165, 1.54) is 0 Å². The monoisotopic (exact) mass is 399 g/mol. The average molecular weight is 399 g/mol. The number of carboxylic acid groups (broad SMARTS) is 1. The number of carboxylic acids is 1. The van der Waals surface area contributed by atoms with Crippen LogP contribution in [0.1, 0.15) is 28.8 Å². The number of carbonyl (C=O) groups is 2. The van der Waals surface area contributed by atoms with E-state index in [0.717, 1.165) is 22.0 Å². The van der Waals surface area contributed by atoms with Gasteiger partial charge in [0, 0.05) is 16.7 Å². The topological polar surface area (TPSA) is 57.6 Å². The van der Waals surface area contributed by atoms with Crippen LogP contribution in [0.15, 0.2) is 18.2 Å². The molecule has 3 rings (SSSR count). The Morgan fingerprint density at radius 1 is 1.29 bits per heavy atom. The molecule has 1 aliphatic heterocycles. The van der Waals surface area contributed by atoms with Gasteiger partial charge in [-0.1, -0.05) is 11.6 Å². The number of nitrogens with zero attached hydrogens (tertiary/aromatic N) is 1. The molecule has 1 saturated carbocycles. The first kappa shape index (κ1) is 14.8. The first-order valence-electron chi connectivity index (χ1n) is 7.25. The zero-order chi connectivity index (χ0) is 15.1. The van der Waals surface area contributed by atoms with Crippen LogP contribution in [0.2, 0.25) is 0 Å². The van der Waals surface area contributed by atoms with Gasteiger partial charge in [0.2, 0.25) is 0 Å². The molecule has 1 saturated heterocycles. The lowest BCUT2D eigenvalue weighted by Gasteiger charge is -2.17. The van der Waals surface area contributed by atoms with E-state index < -0.39 is 11.9 Å². The van der Waals surface area contributed by atoms with E-state index in [9.17, 15) is 14.7 Å². The van der Waals surface area contributed by atoms with Crippen LogP contribution in [0.25, 0.3) is 0 Å². The largest absolute Gasteiger partial charge is 0.481 e. The number of rotatable bonds is 3. The van der Waals surface area contributed by atoms with Crippen molar-refractivity contribution in [2.75, 3.05) is 13.1 Å². The molecule has 1 N–H and O–H groups in total. The Balaban J connectivity index is 1.82. The van der Waals surface area contributed by atoms with E-state index in [4.69, 9.17) is 0 Å². The molecule has 0 spiro atoms. The maximum absolute atomic E-state index is 12.7. The van der Waals surface area contributed by atoms with E-state index in [-0.39, 0.29) is 11.8 Å². The first-order valence-corrected chi connectivity index (χ1v) is 8.33. The second-order valence-electron chi connectivity index (χ2n) is 6.14. The highest BCUT2D eigenvalue weighted by Gasteiger charge is 2.47. The Morgan fingerprint density at radius 3 is 2.62 bits per heavy atom. The van der Waals surface area contributed by atoms with E-state index in [1.54, 1.807) is 4.90 Å². The third-order valence-corrected chi connectivity index (χ3v) is 5.49. The molecule has 0 radical (unpaired) electrons. The van der Waals surface area contributed by atoms with Gasteiger partial charge in [-0.15, -0.1) is 0 Å². The quantitative estimate of drug-likeness (QED) is 0.796. The summed E-state index contributed by atoms with van der Waals surface area (Å²) in [6, 6.07) is 5.81. The molecule has 0 bridgehead atoms. The second kappa shape index (κ2) is 5.59. The minimum atomic E-state index is -0.763. The van der Waals surface area contributed by atoms with Crippen molar-refractivity contribution in [3.8, 4) is 0 Å². The number of aliphatic carboxylic acids is 1. The van der Waals surface area contributed by atoms with Crippen molar-refractivity contribution < 1.29 is 14.7 Å². The maximum Gasteiger partial charge on any atom is 0.308 e. The molecule has 21 heavy (non-hydrogen) atoms. The van der Waals surface area contributed by atoms with Gasteiger partial charge in [-0.3, -0.25) is 9.59 Å². The van der Waals surface area contributed by atoms with Gasteiger partial charge >= 0.3 is 5.97 Å². The lowest BCUT2D eigenvalue weighted by molar-refractivity contribution is -0.142. The van der Waals surface area contributed by atoms with Gasteiger partial charge in [0.05, 0.1) is 11.5 Å². The van der Waals surface area contributed by atoms with Gasteiger partial charge in [-0.2, -0.15) is 0 Å². The summed E-state index contributed by atoms with van der Waals surface area (Å²) >= 11 is 2.16. The van der Waals surface area contributed by atoms with Crippen molar-refractivity contribution in [3.63, 3.8) is 0 Å². The van der Waals surface area contributed by atoms with Crippen molar-refractivity contribution in [1.82, 2.24) is 4.90 Å². The standard InChI is InChI=1S/C16H18INO3/c1-9-2-5-14(17)11(6-9)15(19)18-7-12(10-3-4-10)13(8-18)16(20)21/h2,5-6,10,12-13H,3-4,7-8H2,1H3,(H,20,21)/t12-,13+/m1/s1. The molecule has 1 amide bonds.